The summed E-state index contributed by atoms with van der Waals surface area (Å²) in [6.07, 6.45) is 0.579. The fourth-order valence-electron chi connectivity index (χ4n) is 1.43. The second kappa shape index (κ2) is 2.83. The number of fused-ring (bicyclic) bond motifs is 1. The van der Waals surface area contributed by atoms with E-state index in [0.717, 1.165) is 0 Å². The second-order valence-electron chi connectivity index (χ2n) is 3.07. The predicted molar refractivity (Wildman–Crippen MR) is 52.1 cm³/mol. The molecule has 2 aromatic rings. The Balaban J connectivity index is 2.92. The van der Waals surface area contributed by atoms with Gasteiger partial charge in [0.1, 0.15) is 11.6 Å². The quantitative estimate of drug-likeness (QED) is 0.660. The van der Waals surface area contributed by atoms with Gasteiger partial charge in [-0.2, -0.15) is 9.50 Å². The fraction of sp³-hybridized carbons (Fsp3) is 0.375. The summed E-state index contributed by atoms with van der Waals surface area (Å²) in [6.45, 7) is 3.62. The van der Waals surface area contributed by atoms with Crippen molar-refractivity contribution in [3.63, 3.8) is 0 Å². The van der Waals surface area contributed by atoms with Gasteiger partial charge in [0.15, 0.2) is 0 Å². The highest BCUT2D eigenvalue weighted by atomic mass is 16.1. The molecule has 0 unspecified atom stereocenters. The van der Waals surface area contributed by atoms with Crippen molar-refractivity contribution < 1.29 is 0 Å². The van der Waals surface area contributed by atoms with Gasteiger partial charge >= 0.3 is 0 Å². The summed E-state index contributed by atoms with van der Waals surface area (Å²) < 4.78 is 1.45. The molecular weight excluding hydrogens is 182 g/mol. The van der Waals surface area contributed by atoms with Gasteiger partial charge in [0.2, 0.25) is 5.78 Å². The number of H-pyrrole nitrogens is 1. The first-order valence-electron chi connectivity index (χ1n) is 4.37. The molecule has 3 N–H and O–H groups in total. The number of rotatable bonds is 1. The normalized spacial score (nSPS) is 11.0. The van der Waals surface area contributed by atoms with Crippen LogP contribution in [-0.2, 0) is 6.42 Å². The highest BCUT2D eigenvalue weighted by Crippen LogP contribution is 2.07. The summed E-state index contributed by atoms with van der Waals surface area (Å²) in [5.74, 6) is 1.34. The van der Waals surface area contributed by atoms with Gasteiger partial charge in [-0.1, -0.05) is 6.92 Å². The lowest BCUT2D eigenvalue weighted by Crippen LogP contribution is -2.18. The number of hydrogen-bond donors (Lipinski definition) is 2. The third-order valence-electron chi connectivity index (χ3n) is 2.10. The molecule has 14 heavy (non-hydrogen) atoms. The van der Waals surface area contributed by atoms with Crippen LogP contribution in [0.2, 0.25) is 0 Å². The van der Waals surface area contributed by atoms with Crippen molar-refractivity contribution >= 4 is 11.6 Å². The van der Waals surface area contributed by atoms with Crippen molar-refractivity contribution in [2.24, 2.45) is 0 Å². The molecule has 0 atom stereocenters. The van der Waals surface area contributed by atoms with Crippen LogP contribution in [0.15, 0.2) is 4.79 Å². The van der Waals surface area contributed by atoms with Gasteiger partial charge in [0.25, 0.3) is 5.56 Å². The Hall–Kier alpha value is -1.85. The third kappa shape index (κ3) is 1.07. The van der Waals surface area contributed by atoms with E-state index in [4.69, 9.17) is 5.73 Å². The molecule has 0 bridgehead atoms. The Bertz CT molecular complexity index is 538. The van der Waals surface area contributed by atoms with Crippen molar-refractivity contribution in [2.45, 2.75) is 20.3 Å². The van der Waals surface area contributed by atoms with Crippen LogP contribution in [0.4, 0.5) is 5.82 Å². The molecule has 74 valence electrons. The minimum absolute atomic E-state index is 0.190. The smallest absolute Gasteiger partial charge is 0.257 e. The number of anilines is 1. The molecule has 0 radical (unpaired) electrons. The van der Waals surface area contributed by atoms with Crippen LogP contribution in [0.25, 0.3) is 5.78 Å². The molecule has 6 nitrogen and oxygen atoms in total. The minimum Gasteiger partial charge on any atom is -0.383 e. The van der Waals surface area contributed by atoms with E-state index in [1.54, 1.807) is 6.92 Å². The zero-order chi connectivity index (χ0) is 10.3. The first-order valence-corrected chi connectivity index (χ1v) is 4.37. The highest BCUT2D eigenvalue weighted by Gasteiger charge is 2.10. The van der Waals surface area contributed by atoms with Crippen molar-refractivity contribution in [3.05, 3.63) is 21.7 Å². The molecule has 0 amide bonds. The Kier molecular flexibility index (Phi) is 1.77. The lowest BCUT2D eigenvalue weighted by atomic mass is 10.2. The van der Waals surface area contributed by atoms with E-state index in [1.165, 1.54) is 4.52 Å². The number of nitrogens with zero attached hydrogens (tertiary/aromatic N) is 3. The molecule has 0 aliphatic rings. The maximum atomic E-state index is 11.5. The standard InChI is InChI=1S/C8H11N5O/c1-3-5-6(9)13-8(11-7(5)14)10-4(2)12-13/h3,9H2,1-2H3,(H,10,11,12,14). The van der Waals surface area contributed by atoms with Crippen LogP contribution >= 0.6 is 0 Å². The second-order valence-corrected chi connectivity index (χ2v) is 3.07. The molecule has 6 heteroatoms. The predicted octanol–water partition coefficient (Wildman–Crippen LogP) is -0.129. The third-order valence-corrected chi connectivity index (χ3v) is 2.10. The number of hydrogen-bond acceptors (Lipinski definition) is 4. The van der Waals surface area contributed by atoms with Gasteiger partial charge in [0, 0.05) is 0 Å². The lowest BCUT2D eigenvalue weighted by Gasteiger charge is -2.02. The Labute approximate surface area is 79.8 Å². The lowest BCUT2D eigenvalue weighted by molar-refractivity contribution is 0.896. The largest absolute Gasteiger partial charge is 0.383 e. The maximum absolute atomic E-state index is 11.5. The molecular formula is C8H11N5O. The zero-order valence-electron chi connectivity index (χ0n) is 8.03. The minimum atomic E-state index is -0.190. The van der Waals surface area contributed by atoms with E-state index < -0.39 is 0 Å². The van der Waals surface area contributed by atoms with Crippen LogP contribution < -0.4 is 11.3 Å². The van der Waals surface area contributed by atoms with Gasteiger partial charge in [-0.15, -0.1) is 5.10 Å². The van der Waals surface area contributed by atoms with Crippen molar-refractivity contribution in [1.29, 1.82) is 0 Å². The van der Waals surface area contributed by atoms with E-state index in [9.17, 15) is 4.79 Å². The fourth-order valence-corrected chi connectivity index (χ4v) is 1.43. The average Bonchev–Trinajstić information content (AvgIpc) is 2.47. The summed E-state index contributed by atoms with van der Waals surface area (Å²) >= 11 is 0. The molecule has 0 aliphatic heterocycles. The maximum Gasteiger partial charge on any atom is 0.257 e. The van der Waals surface area contributed by atoms with Crippen molar-refractivity contribution in [1.82, 2.24) is 19.6 Å². The molecule has 0 fully saturated rings. The van der Waals surface area contributed by atoms with Gasteiger partial charge in [-0.3, -0.25) is 9.78 Å². The SMILES string of the molecule is CCc1c(N)n2nc(C)nc2[nH]c1=O. The van der Waals surface area contributed by atoms with Crippen molar-refractivity contribution in [2.75, 3.05) is 5.73 Å². The van der Waals surface area contributed by atoms with E-state index in [1.807, 2.05) is 6.92 Å². The van der Waals surface area contributed by atoms with Crippen LogP contribution in [0.1, 0.15) is 18.3 Å². The van der Waals surface area contributed by atoms with Crippen LogP contribution in [-0.4, -0.2) is 19.6 Å². The molecule has 2 rings (SSSR count). The summed E-state index contributed by atoms with van der Waals surface area (Å²) in [5.41, 5.74) is 6.14. The van der Waals surface area contributed by atoms with E-state index >= 15 is 0 Å². The first kappa shape index (κ1) is 8.74. The number of nitrogens with two attached hydrogens (primary N) is 1. The average molecular weight is 193 g/mol. The van der Waals surface area contributed by atoms with Gasteiger partial charge in [0.05, 0.1) is 5.56 Å². The first-order chi connectivity index (χ1) is 6.63. The summed E-state index contributed by atoms with van der Waals surface area (Å²) in [7, 11) is 0. The van der Waals surface area contributed by atoms with Gasteiger partial charge in [-0.25, -0.2) is 0 Å². The molecule has 0 aromatic carbocycles. The summed E-state index contributed by atoms with van der Waals surface area (Å²) in [4.78, 5) is 18.1. The number of aromatic nitrogens is 4. The Morgan fingerprint density at radius 1 is 1.57 bits per heavy atom. The zero-order valence-corrected chi connectivity index (χ0v) is 8.03. The molecule has 0 saturated heterocycles. The topological polar surface area (TPSA) is 89.1 Å². The monoisotopic (exact) mass is 193 g/mol. The van der Waals surface area contributed by atoms with E-state index in [2.05, 4.69) is 15.1 Å². The summed E-state index contributed by atoms with van der Waals surface area (Å²) in [6, 6.07) is 0. The highest BCUT2D eigenvalue weighted by molar-refractivity contribution is 5.45. The molecule has 2 aromatic heterocycles. The van der Waals surface area contributed by atoms with Gasteiger partial charge in [-0.05, 0) is 13.3 Å². The number of aryl methyl sites for hydroxylation is 1. The molecule has 2 heterocycles. The van der Waals surface area contributed by atoms with Crippen LogP contribution in [0.5, 0.6) is 0 Å². The summed E-state index contributed by atoms with van der Waals surface area (Å²) in [5, 5.41) is 4.07. The van der Waals surface area contributed by atoms with E-state index in [-0.39, 0.29) is 5.56 Å². The number of nitrogens with one attached hydrogen (secondary N) is 1. The number of aromatic amines is 1. The van der Waals surface area contributed by atoms with E-state index in [0.29, 0.717) is 29.4 Å². The van der Waals surface area contributed by atoms with Crippen LogP contribution in [0.3, 0.4) is 0 Å². The molecule has 0 saturated carbocycles. The Morgan fingerprint density at radius 2 is 2.29 bits per heavy atom. The van der Waals surface area contributed by atoms with Gasteiger partial charge < -0.3 is 5.73 Å². The Morgan fingerprint density at radius 3 is 2.93 bits per heavy atom. The van der Waals surface area contributed by atoms with Crippen molar-refractivity contribution in [3.8, 4) is 0 Å². The molecule has 0 aliphatic carbocycles. The number of nitrogen functional groups attached to an aromatic ring is 1. The van der Waals surface area contributed by atoms with Crippen LogP contribution in [0, 0.1) is 6.92 Å². The molecule has 0 spiro atoms.